The molecule has 1 saturated heterocycles. The number of nitrogens with one attached hydrogen (secondary N) is 1. The smallest absolute Gasteiger partial charge is 0.111 e. The monoisotopic (exact) mass is 289 g/mol. The molecule has 4 heteroatoms. The lowest BCUT2D eigenvalue weighted by Gasteiger charge is -2.23. The van der Waals surface area contributed by atoms with Crippen LogP contribution in [0.4, 0.5) is 0 Å². The highest BCUT2D eigenvalue weighted by atomic mass is 32.2. The number of aromatic nitrogens is 2. The fraction of sp³-hybridized carbons (Fsp3) is 0.562. The molecule has 1 atom stereocenters. The van der Waals surface area contributed by atoms with Gasteiger partial charge in [0.1, 0.15) is 5.82 Å². The number of benzene rings is 1. The Morgan fingerprint density at radius 3 is 3.00 bits per heavy atom. The number of thioether (sulfide) groups is 1. The molecule has 1 aliphatic heterocycles. The Labute approximate surface area is 125 Å². The third-order valence-corrected chi connectivity index (χ3v) is 4.99. The Bertz CT molecular complexity index is 597. The molecule has 2 heterocycles. The topological polar surface area (TPSA) is 29.9 Å². The van der Waals surface area contributed by atoms with E-state index >= 15 is 0 Å². The third-order valence-electron chi connectivity index (χ3n) is 3.86. The molecule has 1 aromatic heterocycles. The highest BCUT2D eigenvalue weighted by Crippen LogP contribution is 2.24. The molecule has 108 valence electrons. The van der Waals surface area contributed by atoms with E-state index in [1.165, 1.54) is 28.4 Å². The highest BCUT2D eigenvalue weighted by molar-refractivity contribution is 7.99. The molecule has 0 bridgehead atoms. The van der Waals surface area contributed by atoms with Crippen molar-refractivity contribution in [2.75, 3.05) is 18.1 Å². The lowest BCUT2D eigenvalue weighted by atomic mass is 10.2. The van der Waals surface area contributed by atoms with E-state index in [-0.39, 0.29) is 0 Å². The lowest BCUT2D eigenvalue weighted by molar-refractivity contribution is 0.514. The van der Waals surface area contributed by atoms with Gasteiger partial charge in [0.15, 0.2) is 0 Å². The number of imidazole rings is 1. The van der Waals surface area contributed by atoms with Gasteiger partial charge in [-0.15, -0.1) is 0 Å². The van der Waals surface area contributed by atoms with E-state index in [2.05, 4.69) is 48.9 Å². The van der Waals surface area contributed by atoms with Crippen LogP contribution in [0.1, 0.15) is 31.3 Å². The molecule has 1 aliphatic rings. The molecule has 0 spiro atoms. The zero-order valence-electron chi connectivity index (χ0n) is 12.5. The molecule has 1 N–H and O–H groups in total. The van der Waals surface area contributed by atoms with Gasteiger partial charge in [-0.3, -0.25) is 0 Å². The van der Waals surface area contributed by atoms with Crippen LogP contribution >= 0.6 is 11.8 Å². The van der Waals surface area contributed by atoms with Crippen LogP contribution in [-0.4, -0.2) is 33.6 Å². The molecule has 3 rings (SSSR count). The van der Waals surface area contributed by atoms with E-state index in [1.807, 2.05) is 11.8 Å². The van der Waals surface area contributed by atoms with Crippen LogP contribution in [0.2, 0.25) is 0 Å². The van der Waals surface area contributed by atoms with Gasteiger partial charge >= 0.3 is 0 Å². The summed E-state index contributed by atoms with van der Waals surface area (Å²) < 4.78 is 2.40. The fourth-order valence-electron chi connectivity index (χ4n) is 2.95. The van der Waals surface area contributed by atoms with Crippen molar-refractivity contribution in [1.82, 2.24) is 14.9 Å². The van der Waals surface area contributed by atoms with Crippen molar-refractivity contribution in [2.24, 2.45) is 0 Å². The third kappa shape index (κ3) is 2.72. The van der Waals surface area contributed by atoms with Crippen LogP contribution in [0.5, 0.6) is 0 Å². The highest BCUT2D eigenvalue weighted by Gasteiger charge is 2.19. The first-order valence-electron chi connectivity index (χ1n) is 7.43. The van der Waals surface area contributed by atoms with Gasteiger partial charge in [0.25, 0.3) is 0 Å². The molecule has 0 aliphatic carbocycles. The number of nitrogens with zero attached hydrogens (tertiary/aromatic N) is 2. The Kier molecular flexibility index (Phi) is 4.03. The SMILES string of the molecule is Cc1ccc2c(c1)nc(CC1CSCCN1)n2C(C)C. The van der Waals surface area contributed by atoms with Crippen molar-refractivity contribution < 1.29 is 0 Å². The average Bonchev–Trinajstić information content (AvgIpc) is 2.76. The summed E-state index contributed by atoms with van der Waals surface area (Å²) in [6, 6.07) is 7.60. The van der Waals surface area contributed by atoms with Crippen molar-refractivity contribution in [1.29, 1.82) is 0 Å². The number of hydrogen-bond donors (Lipinski definition) is 1. The van der Waals surface area contributed by atoms with E-state index in [0.29, 0.717) is 12.1 Å². The van der Waals surface area contributed by atoms with Gasteiger partial charge < -0.3 is 9.88 Å². The minimum atomic E-state index is 0.453. The summed E-state index contributed by atoms with van der Waals surface area (Å²) in [5.74, 6) is 3.65. The largest absolute Gasteiger partial charge is 0.325 e. The minimum Gasteiger partial charge on any atom is -0.325 e. The predicted molar refractivity (Wildman–Crippen MR) is 87.7 cm³/mol. The zero-order chi connectivity index (χ0) is 14.1. The zero-order valence-corrected chi connectivity index (χ0v) is 13.3. The Hall–Kier alpha value is -1.00. The number of rotatable bonds is 3. The van der Waals surface area contributed by atoms with E-state index in [0.717, 1.165) is 18.5 Å². The van der Waals surface area contributed by atoms with E-state index in [9.17, 15) is 0 Å². The number of fused-ring (bicyclic) bond motifs is 1. The molecule has 0 radical (unpaired) electrons. The molecule has 1 aromatic carbocycles. The van der Waals surface area contributed by atoms with Gasteiger partial charge in [-0.2, -0.15) is 11.8 Å². The summed E-state index contributed by atoms with van der Waals surface area (Å²) in [4.78, 5) is 4.90. The molecule has 2 aromatic rings. The average molecular weight is 289 g/mol. The summed E-state index contributed by atoms with van der Waals surface area (Å²) in [6.07, 6.45) is 1.03. The van der Waals surface area contributed by atoms with Gasteiger partial charge in [-0.1, -0.05) is 6.07 Å². The molecule has 3 nitrogen and oxygen atoms in total. The Morgan fingerprint density at radius 1 is 1.45 bits per heavy atom. The summed E-state index contributed by atoms with van der Waals surface area (Å²) in [5, 5.41) is 3.62. The fourth-order valence-corrected chi connectivity index (χ4v) is 3.90. The van der Waals surface area contributed by atoms with E-state index in [4.69, 9.17) is 4.98 Å². The maximum Gasteiger partial charge on any atom is 0.111 e. The molecule has 1 unspecified atom stereocenters. The second-order valence-corrected chi connectivity index (χ2v) is 7.06. The van der Waals surface area contributed by atoms with Crippen LogP contribution in [0, 0.1) is 6.92 Å². The lowest BCUT2D eigenvalue weighted by Crippen LogP contribution is -2.39. The van der Waals surface area contributed by atoms with Crippen molar-refractivity contribution in [3.05, 3.63) is 29.6 Å². The molecule has 1 fully saturated rings. The minimum absolute atomic E-state index is 0.453. The van der Waals surface area contributed by atoms with Crippen molar-refractivity contribution in [3.8, 4) is 0 Å². The van der Waals surface area contributed by atoms with Crippen LogP contribution in [-0.2, 0) is 6.42 Å². The maximum absolute atomic E-state index is 4.90. The Balaban J connectivity index is 1.97. The Morgan fingerprint density at radius 2 is 2.30 bits per heavy atom. The van der Waals surface area contributed by atoms with Crippen molar-refractivity contribution in [3.63, 3.8) is 0 Å². The number of hydrogen-bond acceptors (Lipinski definition) is 3. The predicted octanol–water partition coefficient (Wildman–Crippen LogP) is 3.17. The summed E-state index contributed by atoms with van der Waals surface area (Å²) in [5.41, 5.74) is 3.69. The van der Waals surface area contributed by atoms with E-state index in [1.54, 1.807) is 0 Å². The number of aryl methyl sites for hydroxylation is 1. The van der Waals surface area contributed by atoms with Crippen LogP contribution < -0.4 is 5.32 Å². The van der Waals surface area contributed by atoms with E-state index < -0.39 is 0 Å². The maximum atomic E-state index is 4.90. The standard InChI is InChI=1S/C16H23N3S/c1-11(2)19-15-5-4-12(3)8-14(15)18-16(19)9-13-10-20-7-6-17-13/h4-5,8,11,13,17H,6-7,9-10H2,1-3H3. The van der Waals surface area contributed by atoms with Gasteiger partial charge in [0, 0.05) is 36.6 Å². The second-order valence-electron chi connectivity index (χ2n) is 5.91. The van der Waals surface area contributed by atoms with Crippen LogP contribution in [0.15, 0.2) is 18.2 Å². The molecule has 20 heavy (non-hydrogen) atoms. The first-order chi connectivity index (χ1) is 9.65. The first kappa shape index (κ1) is 14.0. The summed E-state index contributed by atoms with van der Waals surface area (Å²) >= 11 is 2.05. The van der Waals surface area contributed by atoms with Crippen molar-refractivity contribution in [2.45, 2.75) is 39.3 Å². The van der Waals surface area contributed by atoms with Gasteiger partial charge in [-0.05, 0) is 38.5 Å². The molecule has 0 saturated carbocycles. The van der Waals surface area contributed by atoms with Gasteiger partial charge in [0.05, 0.1) is 11.0 Å². The van der Waals surface area contributed by atoms with Crippen LogP contribution in [0.3, 0.4) is 0 Å². The normalized spacial score (nSPS) is 19.9. The quantitative estimate of drug-likeness (QED) is 0.941. The van der Waals surface area contributed by atoms with Crippen LogP contribution in [0.25, 0.3) is 11.0 Å². The molecular formula is C16H23N3S. The van der Waals surface area contributed by atoms with Crippen molar-refractivity contribution >= 4 is 22.8 Å². The molecular weight excluding hydrogens is 266 g/mol. The first-order valence-corrected chi connectivity index (χ1v) is 8.59. The summed E-state index contributed by atoms with van der Waals surface area (Å²) in [7, 11) is 0. The molecule has 0 amide bonds. The second kappa shape index (κ2) is 5.78. The summed E-state index contributed by atoms with van der Waals surface area (Å²) in [6.45, 7) is 7.74. The van der Waals surface area contributed by atoms with Gasteiger partial charge in [-0.25, -0.2) is 4.98 Å². The van der Waals surface area contributed by atoms with Gasteiger partial charge in [0.2, 0.25) is 0 Å².